The van der Waals surface area contributed by atoms with Crippen LogP contribution < -0.4 is 15.2 Å². The zero-order chi connectivity index (χ0) is 14.6. The van der Waals surface area contributed by atoms with E-state index in [1.165, 1.54) is 20.3 Å². The zero-order valence-electron chi connectivity index (χ0n) is 10.6. The Morgan fingerprint density at radius 3 is 2.16 bits per heavy atom. The summed E-state index contributed by atoms with van der Waals surface area (Å²) in [5, 5.41) is 0. The Balaban J connectivity index is 2.93. The summed E-state index contributed by atoms with van der Waals surface area (Å²) in [5.74, 6) is -0.333. The molecule has 0 saturated carbocycles. The van der Waals surface area contributed by atoms with Crippen LogP contribution in [-0.2, 0) is 0 Å². The number of rotatable bonds is 5. The molecule has 0 aromatic heterocycles. The van der Waals surface area contributed by atoms with E-state index in [4.69, 9.17) is 15.2 Å². The summed E-state index contributed by atoms with van der Waals surface area (Å²) in [7, 11) is 2.68. The van der Waals surface area contributed by atoms with Gasteiger partial charge in [-0.2, -0.15) is 13.2 Å². The molecule has 0 bridgehead atoms. The van der Waals surface area contributed by atoms with Gasteiger partial charge in [0.2, 0.25) is 0 Å². The molecule has 3 nitrogen and oxygen atoms in total. The number of ether oxygens (including phenoxy) is 2. The molecular weight excluding hydrogens is 266 g/mol. The predicted octanol–water partition coefficient (Wildman–Crippen LogP) is 3.19. The summed E-state index contributed by atoms with van der Waals surface area (Å²) in [6.45, 7) is 0. The van der Waals surface area contributed by atoms with E-state index in [0.717, 1.165) is 6.07 Å². The maximum absolute atomic E-state index is 13.7. The number of hydrogen-bond acceptors (Lipinski definition) is 3. The molecule has 1 aromatic rings. The molecule has 0 spiro atoms. The number of nitrogens with two attached hydrogens (primary N) is 1. The van der Waals surface area contributed by atoms with Crippen LogP contribution in [0.1, 0.15) is 24.4 Å². The quantitative estimate of drug-likeness (QED) is 0.843. The average molecular weight is 281 g/mol. The fourth-order valence-corrected chi connectivity index (χ4v) is 1.63. The van der Waals surface area contributed by atoms with Gasteiger partial charge >= 0.3 is 6.18 Å². The van der Waals surface area contributed by atoms with E-state index in [1.54, 1.807) is 0 Å². The van der Waals surface area contributed by atoms with Crippen molar-refractivity contribution in [1.82, 2.24) is 0 Å². The molecule has 1 aromatic carbocycles. The molecule has 0 saturated heterocycles. The summed E-state index contributed by atoms with van der Waals surface area (Å²) < 4.78 is 59.9. The van der Waals surface area contributed by atoms with Gasteiger partial charge in [0.25, 0.3) is 0 Å². The summed E-state index contributed by atoms with van der Waals surface area (Å²) in [5.41, 5.74) is 5.56. The first kappa shape index (κ1) is 15.6. The van der Waals surface area contributed by atoms with Gasteiger partial charge < -0.3 is 15.2 Å². The third kappa shape index (κ3) is 4.27. The van der Waals surface area contributed by atoms with Gasteiger partial charge in [0.05, 0.1) is 14.2 Å². The van der Waals surface area contributed by atoms with Crippen LogP contribution in [-0.4, -0.2) is 20.4 Å². The average Bonchev–Trinajstić information content (AvgIpc) is 2.34. The minimum atomic E-state index is -4.31. The van der Waals surface area contributed by atoms with Gasteiger partial charge in [0, 0.05) is 24.1 Å². The SMILES string of the molecule is COc1cc(F)c([C@H](N)CCC(F)(F)F)cc1OC. The molecule has 1 atom stereocenters. The number of halogens is 4. The van der Waals surface area contributed by atoms with Crippen LogP contribution >= 0.6 is 0 Å². The highest BCUT2D eigenvalue weighted by atomic mass is 19.4. The Bertz CT molecular complexity index is 434. The molecule has 0 radical (unpaired) electrons. The van der Waals surface area contributed by atoms with Gasteiger partial charge in [-0.05, 0) is 12.5 Å². The summed E-state index contributed by atoms with van der Waals surface area (Å²) >= 11 is 0. The molecule has 0 amide bonds. The van der Waals surface area contributed by atoms with E-state index in [9.17, 15) is 17.6 Å². The van der Waals surface area contributed by atoms with Crippen LogP contribution in [0.4, 0.5) is 17.6 Å². The van der Waals surface area contributed by atoms with Crippen molar-refractivity contribution >= 4 is 0 Å². The van der Waals surface area contributed by atoms with Crippen molar-refractivity contribution < 1.29 is 27.0 Å². The van der Waals surface area contributed by atoms with Crippen molar-refractivity contribution in [3.8, 4) is 11.5 Å². The van der Waals surface area contributed by atoms with Gasteiger partial charge in [0.1, 0.15) is 5.82 Å². The Kier molecular flexibility index (Phi) is 4.99. The lowest BCUT2D eigenvalue weighted by Crippen LogP contribution is -2.17. The summed E-state index contributed by atoms with van der Waals surface area (Å²) in [4.78, 5) is 0. The van der Waals surface area contributed by atoms with Crippen molar-refractivity contribution in [3.63, 3.8) is 0 Å². The van der Waals surface area contributed by atoms with E-state index in [0.29, 0.717) is 0 Å². The summed E-state index contributed by atoms with van der Waals surface area (Å²) in [6, 6.07) is 1.25. The van der Waals surface area contributed by atoms with Crippen LogP contribution in [0.5, 0.6) is 11.5 Å². The van der Waals surface area contributed by atoms with E-state index in [-0.39, 0.29) is 17.1 Å². The minimum absolute atomic E-state index is 0.0260. The van der Waals surface area contributed by atoms with Gasteiger partial charge in [-0.1, -0.05) is 0 Å². The van der Waals surface area contributed by atoms with Crippen molar-refractivity contribution in [2.45, 2.75) is 25.1 Å². The second-order valence-electron chi connectivity index (χ2n) is 3.99. The zero-order valence-corrected chi connectivity index (χ0v) is 10.6. The Labute approximate surface area is 108 Å². The molecule has 0 aliphatic carbocycles. The predicted molar refractivity (Wildman–Crippen MR) is 61.7 cm³/mol. The lowest BCUT2D eigenvalue weighted by Gasteiger charge is -2.16. The molecule has 0 aliphatic rings. The lowest BCUT2D eigenvalue weighted by atomic mass is 10.0. The fourth-order valence-electron chi connectivity index (χ4n) is 1.63. The normalized spacial score (nSPS) is 13.2. The van der Waals surface area contributed by atoms with Crippen molar-refractivity contribution in [2.75, 3.05) is 14.2 Å². The van der Waals surface area contributed by atoms with Crippen LogP contribution in [0.15, 0.2) is 12.1 Å². The molecule has 0 fully saturated rings. The second-order valence-corrected chi connectivity index (χ2v) is 3.99. The molecule has 0 unspecified atom stereocenters. The standard InChI is InChI=1S/C12H15F4NO2/c1-18-10-5-7(8(13)6-11(10)19-2)9(17)3-4-12(14,15)16/h5-6,9H,3-4,17H2,1-2H3/t9-/m1/s1. The third-order valence-corrected chi connectivity index (χ3v) is 2.64. The third-order valence-electron chi connectivity index (χ3n) is 2.64. The first-order chi connectivity index (χ1) is 8.78. The number of alkyl halides is 3. The largest absolute Gasteiger partial charge is 0.493 e. The molecule has 7 heteroatoms. The van der Waals surface area contributed by atoms with Crippen LogP contribution in [0.2, 0.25) is 0 Å². The number of hydrogen-bond donors (Lipinski definition) is 1. The highest BCUT2D eigenvalue weighted by Crippen LogP contribution is 2.34. The van der Waals surface area contributed by atoms with Gasteiger partial charge in [0.15, 0.2) is 11.5 Å². The van der Waals surface area contributed by atoms with Gasteiger partial charge in [-0.15, -0.1) is 0 Å². The van der Waals surface area contributed by atoms with E-state index < -0.39 is 30.9 Å². The number of methoxy groups -OCH3 is 2. The second kappa shape index (κ2) is 6.10. The Morgan fingerprint density at radius 2 is 1.68 bits per heavy atom. The smallest absolute Gasteiger partial charge is 0.389 e. The highest BCUT2D eigenvalue weighted by molar-refractivity contribution is 5.44. The monoisotopic (exact) mass is 281 g/mol. The van der Waals surface area contributed by atoms with E-state index >= 15 is 0 Å². The van der Waals surface area contributed by atoms with E-state index in [1.807, 2.05) is 0 Å². The van der Waals surface area contributed by atoms with E-state index in [2.05, 4.69) is 0 Å². The molecule has 108 valence electrons. The topological polar surface area (TPSA) is 44.5 Å². The fraction of sp³-hybridized carbons (Fsp3) is 0.500. The molecule has 2 N–H and O–H groups in total. The Morgan fingerprint density at radius 1 is 1.16 bits per heavy atom. The molecule has 19 heavy (non-hydrogen) atoms. The first-order valence-electron chi connectivity index (χ1n) is 5.52. The van der Waals surface area contributed by atoms with Crippen LogP contribution in [0.3, 0.4) is 0 Å². The van der Waals surface area contributed by atoms with Crippen LogP contribution in [0.25, 0.3) is 0 Å². The highest BCUT2D eigenvalue weighted by Gasteiger charge is 2.28. The maximum atomic E-state index is 13.7. The van der Waals surface area contributed by atoms with Crippen molar-refractivity contribution in [3.05, 3.63) is 23.5 Å². The van der Waals surface area contributed by atoms with Crippen molar-refractivity contribution in [2.24, 2.45) is 5.73 Å². The molecule has 0 aliphatic heterocycles. The summed E-state index contributed by atoms with van der Waals surface area (Å²) in [6.07, 6.45) is -5.78. The maximum Gasteiger partial charge on any atom is 0.389 e. The van der Waals surface area contributed by atoms with Crippen molar-refractivity contribution in [1.29, 1.82) is 0 Å². The number of benzene rings is 1. The van der Waals surface area contributed by atoms with Gasteiger partial charge in [-0.25, -0.2) is 4.39 Å². The molecule has 1 rings (SSSR count). The lowest BCUT2D eigenvalue weighted by molar-refractivity contribution is -0.136. The van der Waals surface area contributed by atoms with Crippen LogP contribution in [0, 0.1) is 5.82 Å². The molecule has 0 heterocycles. The minimum Gasteiger partial charge on any atom is -0.493 e. The van der Waals surface area contributed by atoms with Gasteiger partial charge in [-0.3, -0.25) is 0 Å². The Hall–Kier alpha value is -1.50. The molecular formula is C12H15F4NO2. The first-order valence-corrected chi connectivity index (χ1v) is 5.52.